The van der Waals surface area contributed by atoms with E-state index in [9.17, 15) is 0 Å². The average Bonchev–Trinajstić information content (AvgIpc) is 2.74. The molecule has 0 N–H and O–H groups in total. The van der Waals surface area contributed by atoms with Gasteiger partial charge in [-0.25, -0.2) is 0 Å². The van der Waals surface area contributed by atoms with Crippen LogP contribution in [0.1, 0.15) is 30.9 Å². The van der Waals surface area contributed by atoms with Crippen molar-refractivity contribution < 1.29 is 9.47 Å². The number of aryl methyl sites for hydroxylation is 1. The van der Waals surface area contributed by atoms with Crippen LogP contribution in [0.5, 0.6) is 11.5 Å². The summed E-state index contributed by atoms with van der Waals surface area (Å²) in [7, 11) is 1.68. The third-order valence-electron chi connectivity index (χ3n) is 5.13. The van der Waals surface area contributed by atoms with Gasteiger partial charge in [0.2, 0.25) is 0 Å². The van der Waals surface area contributed by atoms with Crippen molar-refractivity contribution >= 4 is 22.9 Å². The molecule has 5 heteroatoms. The van der Waals surface area contributed by atoms with Crippen molar-refractivity contribution in [1.29, 1.82) is 0 Å². The zero-order valence-electron chi connectivity index (χ0n) is 17.1. The van der Waals surface area contributed by atoms with Crippen LogP contribution in [0.15, 0.2) is 42.5 Å². The first kappa shape index (κ1) is 20.5. The lowest BCUT2D eigenvalue weighted by molar-refractivity contribution is 0.288. The van der Waals surface area contributed by atoms with Crippen molar-refractivity contribution in [2.75, 3.05) is 44.8 Å². The summed E-state index contributed by atoms with van der Waals surface area (Å²) in [6.45, 7) is 8.76. The van der Waals surface area contributed by atoms with Crippen LogP contribution in [0.2, 0.25) is 0 Å². The summed E-state index contributed by atoms with van der Waals surface area (Å²) in [6, 6.07) is 14.7. The molecule has 28 heavy (non-hydrogen) atoms. The third kappa shape index (κ3) is 4.96. The number of hydrogen-bond donors (Lipinski definition) is 0. The Morgan fingerprint density at radius 3 is 2.36 bits per heavy atom. The van der Waals surface area contributed by atoms with Gasteiger partial charge >= 0.3 is 0 Å². The van der Waals surface area contributed by atoms with E-state index in [1.54, 1.807) is 7.11 Å². The number of piperazine rings is 1. The van der Waals surface area contributed by atoms with Gasteiger partial charge in [0.05, 0.1) is 13.7 Å². The van der Waals surface area contributed by atoms with Crippen molar-refractivity contribution in [1.82, 2.24) is 4.90 Å². The number of nitrogens with zero attached hydrogens (tertiary/aromatic N) is 2. The maximum atomic E-state index is 5.83. The molecule has 0 aromatic heterocycles. The number of rotatable bonds is 7. The van der Waals surface area contributed by atoms with Gasteiger partial charge in [0.1, 0.15) is 4.99 Å². The Labute approximate surface area is 174 Å². The molecule has 0 atom stereocenters. The number of anilines is 1. The summed E-state index contributed by atoms with van der Waals surface area (Å²) in [4.78, 5) is 5.58. The highest BCUT2D eigenvalue weighted by molar-refractivity contribution is 7.80. The molecule has 1 aliphatic heterocycles. The summed E-state index contributed by atoms with van der Waals surface area (Å²) in [6.07, 6.45) is 2.15. The fourth-order valence-electron chi connectivity index (χ4n) is 3.35. The standard InChI is InChI=1S/C23H30N2O2S/c1-4-5-16-27-21-11-8-19(17-22(21)26-3)23(28)25-14-12-24(13-15-25)20-9-6-18(2)7-10-20/h6-11,17H,4-5,12-16H2,1-3H3. The molecule has 2 aromatic rings. The van der Waals surface area contributed by atoms with E-state index in [-0.39, 0.29) is 0 Å². The third-order valence-corrected chi connectivity index (χ3v) is 5.63. The number of thiocarbonyl (C=S) groups is 1. The van der Waals surface area contributed by atoms with Crippen LogP contribution >= 0.6 is 12.2 Å². The highest BCUT2D eigenvalue weighted by Crippen LogP contribution is 2.29. The predicted octanol–water partition coefficient (Wildman–Crippen LogP) is 4.68. The minimum atomic E-state index is 0.706. The normalized spacial score (nSPS) is 14.1. The van der Waals surface area contributed by atoms with Gasteiger partial charge in [0, 0.05) is 37.4 Å². The SMILES string of the molecule is CCCCOc1ccc(C(=S)N2CCN(c3ccc(C)cc3)CC2)cc1OC. The molecule has 0 saturated carbocycles. The molecule has 4 nitrogen and oxygen atoms in total. The molecular weight excluding hydrogens is 368 g/mol. The van der Waals surface area contributed by atoms with Gasteiger partial charge in [0.25, 0.3) is 0 Å². The van der Waals surface area contributed by atoms with Gasteiger partial charge < -0.3 is 19.3 Å². The summed E-state index contributed by atoms with van der Waals surface area (Å²) >= 11 is 5.78. The van der Waals surface area contributed by atoms with Crippen molar-refractivity contribution in [3.05, 3.63) is 53.6 Å². The summed E-state index contributed by atoms with van der Waals surface area (Å²) < 4.78 is 11.4. The van der Waals surface area contributed by atoms with E-state index in [0.717, 1.165) is 61.1 Å². The van der Waals surface area contributed by atoms with E-state index in [1.807, 2.05) is 18.2 Å². The van der Waals surface area contributed by atoms with Crippen LogP contribution in [0.25, 0.3) is 0 Å². The van der Waals surface area contributed by atoms with E-state index in [0.29, 0.717) is 6.61 Å². The lowest BCUT2D eigenvalue weighted by atomic mass is 10.1. The number of unbranched alkanes of at least 4 members (excludes halogenated alkanes) is 1. The monoisotopic (exact) mass is 398 g/mol. The highest BCUT2D eigenvalue weighted by Gasteiger charge is 2.21. The zero-order chi connectivity index (χ0) is 19.9. The lowest BCUT2D eigenvalue weighted by Gasteiger charge is -2.37. The van der Waals surface area contributed by atoms with Crippen LogP contribution in [-0.4, -0.2) is 49.8 Å². The fourth-order valence-corrected chi connectivity index (χ4v) is 3.66. The van der Waals surface area contributed by atoms with Gasteiger partial charge in [0.15, 0.2) is 11.5 Å². The van der Waals surface area contributed by atoms with Gasteiger partial charge in [-0.3, -0.25) is 0 Å². The molecule has 3 rings (SSSR count). The second-order valence-electron chi connectivity index (χ2n) is 7.18. The largest absolute Gasteiger partial charge is 0.493 e. The Morgan fingerprint density at radius 1 is 1.00 bits per heavy atom. The zero-order valence-corrected chi connectivity index (χ0v) is 17.9. The van der Waals surface area contributed by atoms with Crippen LogP contribution in [0.4, 0.5) is 5.69 Å². The molecule has 1 aliphatic rings. The van der Waals surface area contributed by atoms with Gasteiger partial charge in [-0.1, -0.05) is 43.3 Å². The van der Waals surface area contributed by atoms with E-state index in [4.69, 9.17) is 21.7 Å². The molecule has 0 aliphatic carbocycles. The number of benzene rings is 2. The van der Waals surface area contributed by atoms with Gasteiger partial charge in [-0.15, -0.1) is 0 Å². The topological polar surface area (TPSA) is 24.9 Å². The average molecular weight is 399 g/mol. The summed E-state index contributed by atoms with van der Waals surface area (Å²) in [5.74, 6) is 1.53. The molecule has 0 radical (unpaired) electrons. The van der Waals surface area contributed by atoms with Crippen molar-refractivity contribution in [2.45, 2.75) is 26.7 Å². The van der Waals surface area contributed by atoms with Crippen molar-refractivity contribution in [3.8, 4) is 11.5 Å². The quantitative estimate of drug-likeness (QED) is 0.498. The number of hydrogen-bond acceptors (Lipinski definition) is 4. The first-order chi connectivity index (χ1) is 13.6. The molecule has 0 amide bonds. The number of ether oxygens (including phenoxy) is 2. The molecule has 0 spiro atoms. The molecule has 1 heterocycles. The maximum absolute atomic E-state index is 5.83. The van der Waals surface area contributed by atoms with E-state index in [2.05, 4.69) is 47.9 Å². The number of methoxy groups -OCH3 is 1. The summed E-state index contributed by atoms with van der Waals surface area (Å²) in [5.41, 5.74) is 3.59. The minimum Gasteiger partial charge on any atom is -0.493 e. The van der Waals surface area contributed by atoms with Crippen LogP contribution in [0.3, 0.4) is 0 Å². The molecule has 0 bridgehead atoms. The Balaban J connectivity index is 1.62. The first-order valence-corrected chi connectivity index (χ1v) is 10.4. The maximum Gasteiger partial charge on any atom is 0.161 e. The molecule has 0 unspecified atom stereocenters. The van der Waals surface area contributed by atoms with Gasteiger partial charge in [-0.2, -0.15) is 0 Å². The minimum absolute atomic E-state index is 0.706. The van der Waals surface area contributed by atoms with Crippen LogP contribution in [-0.2, 0) is 0 Å². The van der Waals surface area contributed by atoms with Gasteiger partial charge in [-0.05, 0) is 43.7 Å². The first-order valence-electron chi connectivity index (χ1n) is 10.0. The molecule has 150 valence electrons. The Kier molecular flexibility index (Phi) is 7.15. The summed E-state index contributed by atoms with van der Waals surface area (Å²) in [5, 5.41) is 0. The van der Waals surface area contributed by atoms with E-state index < -0.39 is 0 Å². The van der Waals surface area contributed by atoms with Crippen molar-refractivity contribution in [2.24, 2.45) is 0 Å². The molecular formula is C23H30N2O2S. The highest BCUT2D eigenvalue weighted by atomic mass is 32.1. The lowest BCUT2D eigenvalue weighted by Crippen LogP contribution is -2.48. The predicted molar refractivity (Wildman–Crippen MR) is 120 cm³/mol. The smallest absolute Gasteiger partial charge is 0.161 e. The molecule has 1 saturated heterocycles. The van der Waals surface area contributed by atoms with Crippen LogP contribution in [0, 0.1) is 6.92 Å². The van der Waals surface area contributed by atoms with E-state index in [1.165, 1.54) is 11.3 Å². The van der Waals surface area contributed by atoms with Crippen molar-refractivity contribution in [3.63, 3.8) is 0 Å². The van der Waals surface area contributed by atoms with Crippen LogP contribution < -0.4 is 14.4 Å². The second kappa shape index (κ2) is 9.78. The Morgan fingerprint density at radius 2 is 1.71 bits per heavy atom. The Hall–Kier alpha value is -2.27. The molecule has 2 aromatic carbocycles. The molecule has 1 fully saturated rings. The second-order valence-corrected chi connectivity index (χ2v) is 7.57. The Bertz CT molecular complexity index is 784. The fraction of sp³-hybridized carbons (Fsp3) is 0.435. The van der Waals surface area contributed by atoms with E-state index >= 15 is 0 Å².